The van der Waals surface area contributed by atoms with Gasteiger partial charge in [0, 0.05) is 119 Å². The number of unbranched alkanes of at least 4 members (excludes halogenated alkanes) is 4. The van der Waals surface area contributed by atoms with Gasteiger partial charge in [-0.25, -0.2) is 0 Å². The fourth-order valence-corrected chi connectivity index (χ4v) is 14.0. The first kappa shape index (κ1) is 43.3. The van der Waals surface area contributed by atoms with Gasteiger partial charge >= 0.3 is 0 Å². The largest absolute Gasteiger partial charge is 0.485 e. The fourth-order valence-electron chi connectivity index (χ4n) is 11.4. The summed E-state index contributed by atoms with van der Waals surface area (Å²) in [6, 6.07) is 42.2. The van der Waals surface area contributed by atoms with E-state index in [9.17, 15) is 9.59 Å². The minimum absolute atomic E-state index is 0.00131. The van der Waals surface area contributed by atoms with E-state index in [0.29, 0.717) is 12.8 Å². The molecule has 2 atom stereocenters. The summed E-state index contributed by atoms with van der Waals surface area (Å²) < 4.78 is 18.1. The van der Waals surface area contributed by atoms with Crippen LogP contribution in [0.25, 0.3) is 33.0 Å². The highest BCUT2D eigenvalue weighted by Gasteiger charge is 2.42. The fraction of sp³-hybridized carbons (Fsp3) is 0.276. The Kier molecular flexibility index (Phi) is 11.3. The molecule has 0 saturated heterocycles. The maximum Gasteiger partial charge on any atom is 0.224 e. The molecule has 0 bridgehead atoms. The smallest absolute Gasteiger partial charge is 0.224 e. The Hall–Kier alpha value is -6.76. The van der Waals surface area contributed by atoms with Crippen molar-refractivity contribution in [2.24, 2.45) is 0 Å². The predicted octanol–water partition coefficient (Wildman–Crippen LogP) is 11.9. The number of hydrogen-bond donors (Lipinski definition) is 2. The lowest BCUT2D eigenvalue weighted by Gasteiger charge is -2.37. The van der Waals surface area contributed by atoms with Crippen molar-refractivity contribution < 1.29 is 28.2 Å². The van der Waals surface area contributed by atoms with E-state index >= 15 is 0 Å². The number of hydrogen-bond acceptors (Lipinski definition) is 8. The second-order valence-corrected chi connectivity index (χ2v) is 21.2. The van der Waals surface area contributed by atoms with Crippen LogP contribution in [0.5, 0.6) is 11.5 Å². The number of pyridine rings is 2. The third-order valence-corrected chi connectivity index (χ3v) is 17.1. The summed E-state index contributed by atoms with van der Waals surface area (Å²) in [6.07, 6.45) is 12.9. The number of aromatic nitrogens is 2. The highest BCUT2D eigenvalue weighted by molar-refractivity contribution is 8.04. The van der Waals surface area contributed by atoms with Gasteiger partial charge in [-0.1, -0.05) is 59.9 Å². The third kappa shape index (κ3) is 7.76. The van der Waals surface area contributed by atoms with Crippen LogP contribution in [0.2, 0.25) is 0 Å². The van der Waals surface area contributed by atoms with E-state index in [0.717, 1.165) is 100 Å². The Morgan fingerprint density at radius 1 is 0.529 bits per heavy atom. The first-order chi connectivity index (χ1) is 34.5. The standard InChI is InChI=1S/C58H52N6O4S2/c65-51(21-3-1-9-31-61-33-27-39-53-43(61)15-11-17-45(53)67-47-29-35-63-41-13-5-7-19-49(41)69-57(63)55(39)47)59-37-23-25-38(26-24-37)60-52(66)22-4-2-10-32-62-34-28-40-54-44(62)16-12-18-46(54)68-48-30-36-64-42-14-6-8-20-50(42)70-58(64)56(40)48/h5-8,11-20,23-28,33-34,47-48H,1-4,9-10,21-22,29-32,35-36H2/p+2. The Morgan fingerprint density at radius 2 is 0.986 bits per heavy atom. The minimum Gasteiger partial charge on any atom is -0.485 e. The SMILES string of the molecule is O=C(CCCCC[n+]1ccc2c3c(cccc31)OC1CCN3C(=C21)Sc1ccccc13)Nc1ccc(NC(=O)CCCCC[n+]2ccc3c4c(cccc42)OC2CCN4C(=C32)Sc2ccccc24)cc1. The molecule has 0 spiro atoms. The van der Waals surface area contributed by atoms with Crippen LogP contribution in [0, 0.1) is 0 Å². The molecule has 7 aromatic rings. The number of carbonyl (C=O) groups excluding carboxylic acids is 2. The molecule has 2 aromatic heterocycles. The quantitative estimate of drug-likeness (QED) is 0.0823. The number of aryl methyl sites for hydroxylation is 2. The van der Waals surface area contributed by atoms with E-state index in [-0.39, 0.29) is 24.0 Å². The molecule has 0 saturated carbocycles. The molecule has 10 nitrogen and oxygen atoms in total. The van der Waals surface area contributed by atoms with Crippen LogP contribution in [0.1, 0.15) is 75.3 Å². The molecule has 0 radical (unpaired) electrons. The van der Waals surface area contributed by atoms with Gasteiger partial charge < -0.3 is 29.9 Å². The molecule has 350 valence electrons. The van der Waals surface area contributed by atoms with E-state index < -0.39 is 0 Å². The van der Waals surface area contributed by atoms with Crippen molar-refractivity contribution in [1.82, 2.24) is 0 Å². The topological polar surface area (TPSA) is 90.9 Å². The third-order valence-electron chi connectivity index (χ3n) is 14.7. The molecule has 2 amide bonds. The second kappa shape index (κ2) is 18.2. The zero-order valence-corrected chi connectivity index (χ0v) is 40.6. The van der Waals surface area contributed by atoms with E-state index in [1.54, 1.807) is 0 Å². The Bertz CT molecular complexity index is 3110. The summed E-state index contributed by atoms with van der Waals surface area (Å²) in [6.45, 7) is 3.65. The van der Waals surface area contributed by atoms with Gasteiger partial charge in [0.2, 0.25) is 22.8 Å². The van der Waals surface area contributed by atoms with Crippen LogP contribution < -0.4 is 39.0 Å². The van der Waals surface area contributed by atoms with Gasteiger partial charge in [-0.2, -0.15) is 9.13 Å². The van der Waals surface area contributed by atoms with E-state index in [1.807, 2.05) is 47.8 Å². The summed E-state index contributed by atoms with van der Waals surface area (Å²) >= 11 is 3.73. The van der Waals surface area contributed by atoms with Crippen LogP contribution in [-0.2, 0) is 22.7 Å². The summed E-state index contributed by atoms with van der Waals surface area (Å²) in [4.78, 5) is 33.4. The van der Waals surface area contributed by atoms with Crippen molar-refractivity contribution in [3.63, 3.8) is 0 Å². The molecule has 0 fully saturated rings. The van der Waals surface area contributed by atoms with Gasteiger partial charge in [-0.3, -0.25) is 9.59 Å². The first-order valence-electron chi connectivity index (χ1n) is 25.0. The number of benzene rings is 5. The van der Waals surface area contributed by atoms with Crippen LogP contribution in [0.3, 0.4) is 0 Å². The minimum atomic E-state index is 0.00131. The van der Waals surface area contributed by atoms with Crippen LogP contribution in [-0.4, -0.2) is 37.1 Å². The van der Waals surface area contributed by atoms with Crippen molar-refractivity contribution in [1.29, 1.82) is 0 Å². The zero-order valence-electron chi connectivity index (χ0n) is 39.0. The molecule has 13 rings (SSSR count). The van der Waals surface area contributed by atoms with Crippen molar-refractivity contribution in [2.75, 3.05) is 33.5 Å². The van der Waals surface area contributed by atoms with Crippen LogP contribution in [0.15, 0.2) is 154 Å². The molecule has 70 heavy (non-hydrogen) atoms. The van der Waals surface area contributed by atoms with Crippen molar-refractivity contribution >= 4 is 91.0 Å². The van der Waals surface area contributed by atoms with E-state index in [2.05, 4.69) is 139 Å². The lowest BCUT2D eigenvalue weighted by molar-refractivity contribution is -0.672. The molecular weight excluding hydrogens is 909 g/mol. The normalized spacial score (nSPS) is 17.8. The summed E-state index contributed by atoms with van der Waals surface area (Å²) in [5.41, 5.74) is 11.6. The summed E-state index contributed by atoms with van der Waals surface area (Å²) in [5, 5.41) is 11.1. The second-order valence-electron chi connectivity index (χ2n) is 19.1. The number of thioether (sulfide) groups is 2. The van der Waals surface area contributed by atoms with Gasteiger partial charge in [0.1, 0.15) is 36.8 Å². The van der Waals surface area contributed by atoms with Gasteiger partial charge in [-0.05, 0) is 86.3 Å². The van der Waals surface area contributed by atoms with Crippen molar-refractivity contribution in [3.05, 3.63) is 155 Å². The van der Waals surface area contributed by atoms with Gasteiger partial charge in [0.25, 0.3) is 0 Å². The van der Waals surface area contributed by atoms with Crippen LogP contribution >= 0.6 is 23.5 Å². The first-order valence-corrected chi connectivity index (χ1v) is 26.7. The monoisotopic (exact) mass is 962 g/mol. The number of carbonyl (C=O) groups is 2. The molecule has 2 unspecified atom stereocenters. The summed E-state index contributed by atoms with van der Waals surface area (Å²) in [7, 11) is 0. The number of anilines is 4. The van der Waals surface area contributed by atoms with E-state index in [4.69, 9.17) is 9.47 Å². The van der Waals surface area contributed by atoms with Gasteiger partial charge in [-0.15, -0.1) is 0 Å². The lowest BCUT2D eigenvalue weighted by atomic mass is 9.90. The number of nitrogens with one attached hydrogen (secondary N) is 2. The molecule has 5 aromatic carbocycles. The van der Waals surface area contributed by atoms with Gasteiger partial charge in [0.15, 0.2) is 12.4 Å². The maximum atomic E-state index is 12.9. The number of rotatable bonds is 14. The Labute approximate surface area is 416 Å². The van der Waals surface area contributed by atoms with Crippen LogP contribution in [0.4, 0.5) is 22.7 Å². The maximum absolute atomic E-state index is 12.9. The number of ether oxygens (including phenoxy) is 2. The Balaban J connectivity index is 0.559. The molecule has 0 aliphatic carbocycles. The molecule has 2 N–H and O–H groups in total. The lowest BCUT2D eigenvalue weighted by Crippen LogP contribution is -2.38. The average Bonchev–Trinajstić information content (AvgIpc) is 3.96. The average molecular weight is 963 g/mol. The number of nitrogens with zero attached hydrogens (tertiary/aromatic N) is 4. The molecule has 12 heteroatoms. The number of para-hydroxylation sites is 2. The van der Waals surface area contributed by atoms with Crippen molar-refractivity contribution in [3.8, 4) is 11.5 Å². The zero-order chi connectivity index (χ0) is 46.7. The molecule has 6 aliphatic rings. The van der Waals surface area contributed by atoms with Gasteiger partial charge in [0.05, 0.1) is 32.2 Å². The molecular formula is C58H54N6O4S2+2. The molecule has 6 aliphatic heterocycles. The summed E-state index contributed by atoms with van der Waals surface area (Å²) in [5.74, 6) is 1.94. The number of amides is 2. The number of fused-ring (bicyclic) bond motifs is 10. The van der Waals surface area contributed by atoms with E-state index in [1.165, 1.54) is 75.3 Å². The molecule has 8 heterocycles. The predicted molar refractivity (Wildman–Crippen MR) is 280 cm³/mol. The highest BCUT2D eigenvalue weighted by atomic mass is 32.2. The van der Waals surface area contributed by atoms with Crippen molar-refractivity contribution in [2.45, 2.75) is 99.3 Å². The Morgan fingerprint density at radius 3 is 1.46 bits per heavy atom. The highest BCUT2D eigenvalue weighted by Crippen LogP contribution is 2.56.